The number of hydrogen-bond donors (Lipinski definition) is 0. The van der Waals surface area contributed by atoms with E-state index in [-0.39, 0.29) is 7.43 Å². The minimum absolute atomic E-state index is 0. The summed E-state index contributed by atoms with van der Waals surface area (Å²) in [6.45, 7) is 16.5. The summed E-state index contributed by atoms with van der Waals surface area (Å²) in [5.74, 6) is 0.655. The summed E-state index contributed by atoms with van der Waals surface area (Å²) < 4.78 is 0. The predicted octanol–water partition coefficient (Wildman–Crippen LogP) is 7.56. The Morgan fingerprint density at radius 1 is 0.947 bits per heavy atom. The van der Waals surface area contributed by atoms with Gasteiger partial charge in [0.05, 0.1) is 0 Å². The summed E-state index contributed by atoms with van der Waals surface area (Å²) in [6, 6.07) is 0. The van der Waals surface area contributed by atoms with E-state index in [9.17, 15) is 0 Å². The zero-order valence-corrected chi connectivity index (χ0v) is 13.4. The minimum atomic E-state index is 0. The first-order chi connectivity index (χ1) is 8.62. The maximum absolute atomic E-state index is 3.88. The molecule has 0 N–H and O–H groups in total. The summed E-state index contributed by atoms with van der Waals surface area (Å²) in [4.78, 5) is 0. The van der Waals surface area contributed by atoms with Crippen LogP contribution in [-0.2, 0) is 0 Å². The zero-order chi connectivity index (χ0) is 14.2. The van der Waals surface area contributed by atoms with Crippen molar-refractivity contribution < 1.29 is 0 Å². The number of rotatable bonds is 10. The molecule has 0 aliphatic heterocycles. The molecule has 0 radical (unpaired) electrons. The molecule has 0 aromatic heterocycles. The molecule has 0 heteroatoms. The Bertz CT molecular complexity index is 172. The predicted molar refractivity (Wildman–Crippen MR) is 93.8 cm³/mol. The van der Waals surface area contributed by atoms with Gasteiger partial charge in [-0.1, -0.05) is 84.8 Å². The van der Waals surface area contributed by atoms with Crippen LogP contribution in [0.2, 0.25) is 0 Å². The van der Waals surface area contributed by atoms with E-state index in [2.05, 4.69) is 40.9 Å². The Labute approximate surface area is 124 Å². The average Bonchev–Trinajstić information content (AvgIpc) is 2.34. The molecular formula is C19H40. The molecule has 0 saturated carbocycles. The van der Waals surface area contributed by atoms with Gasteiger partial charge in [-0.05, 0) is 25.7 Å². The fourth-order valence-electron chi connectivity index (χ4n) is 1.98. The Hall–Kier alpha value is -0.520. The van der Waals surface area contributed by atoms with Crippen LogP contribution in [-0.4, -0.2) is 0 Å². The zero-order valence-electron chi connectivity index (χ0n) is 13.4. The SMILES string of the molecule is C.C=CC(CCC)CC(=C)C.CCCCCCCC. The molecule has 0 rings (SSSR count). The molecular weight excluding hydrogens is 228 g/mol. The third kappa shape index (κ3) is 23.1. The molecule has 0 spiro atoms. The van der Waals surface area contributed by atoms with Crippen molar-refractivity contribution in [2.75, 3.05) is 0 Å². The van der Waals surface area contributed by atoms with Gasteiger partial charge < -0.3 is 0 Å². The third-order valence-electron chi connectivity index (χ3n) is 3.06. The largest absolute Gasteiger partial charge is 0.103 e. The lowest BCUT2D eigenvalue weighted by Crippen LogP contribution is -1.95. The van der Waals surface area contributed by atoms with Gasteiger partial charge in [0.2, 0.25) is 0 Å². The standard InChI is InChI=1S/C10H18.C8H18.CH4/c1-5-7-10(6-2)8-9(3)4;1-3-5-7-8-6-4-2;/h6,10H,2-3,5,7-8H2,1,4H3;3-8H2,1-2H3;1H4. The molecule has 0 saturated heterocycles. The first kappa shape index (κ1) is 23.6. The average molecular weight is 269 g/mol. The van der Waals surface area contributed by atoms with E-state index in [1.165, 1.54) is 56.9 Å². The third-order valence-corrected chi connectivity index (χ3v) is 3.06. The van der Waals surface area contributed by atoms with Gasteiger partial charge in [0.25, 0.3) is 0 Å². The number of hydrogen-bond acceptors (Lipinski definition) is 0. The fraction of sp³-hybridized carbons (Fsp3) is 0.789. The smallest absolute Gasteiger partial charge is 0.0199 e. The van der Waals surface area contributed by atoms with Gasteiger partial charge in [-0.3, -0.25) is 0 Å². The summed E-state index contributed by atoms with van der Waals surface area (Å²) in [5, 5.41) is 0. The van der Waals surface area contributed by atoms with E-state index in [4.69, 9.17) is 0 Å². The molecule has 0 aliphatic rings. The second-order valence-electron chi connectivity index (χ2n) is 5.36. The molecule has 0 fully saturated rings. The molecule has 0 aromatic carbocycles. The van der Waals surface area contributed by atoms with Gasteiger partial charge in [0, 0.05) is 0 Å². The van der Waals surface area contributed by atoms with Gasteiger partial charge in [-0.25, -0.2) is 0 Å². The van der Waals surface area contributed by atoms with E-state index in [1.54, 1.807) is 0 Å². The van der Waals surface area contributed by atoms with Crippen LogP contribution in [0.1, 0.15) is 92.9 Å². The van der Waals surface area contributed by atoms with Crippen molar-refractivity contribution in [2.45, 2.75) is 92.9 Å². The Kier molecular flexibility index (Phi) is 24.6. The highest BCUT2D eigenvalue weighted by molar-refractivity contribution is 4.95. The van der Waals surface area contributed by atoms with Crippen molar-refractivity contribution in [3.8, 4) is 0 Å². The van der Waals surface area contributed by atoms with E-state index in [0.717, 1.165) is 6.42 Å². The molecule has 0 nitrogen and oxygen atoms in total. The van der Waals surface area contributed by atoms with Crippen LogP contribution in [0.4, 0.5) is 0 Å². The van der Waals surface area contributed by atoms with Crippen molar-refractivity contribution in [3.63, 3.8) is 0 Å². The van der Waals surface area contributed by atoms with Crippen molar-refractivity contribution >= 4 is 0 Å². The van der Waals surface area contributed by atoms with Gasteiger partial charge in [0.1, 0.15) is 0 Å². The lowest BCUT2D eigenvalue weighted by molar-refractivity contribution is 0.577. The second kappa shape index (κ2) is 19.8. The molecule has 0 aromatic rings. The monoisotopic (exact) mass is 268 g/mol. The van der Waals surface area contributed by atoms with Crippen LogP contribution in [0.15, 0.2) is 24.8 Å². The molecule has 1 unspecified atom stereocenters. The first-order valence-electron chi connectivity index (χ1n) is 7.89. The number of allylic oxidation sites excluding steroid dienone is 2. The topological polar surface area (TPSA) is 0 Å². The van der Waals surface area contributed by atoms with Crippen molar-refractivity contribution in [2.24, 2.45) is 5.92 Å². The highest BCUT2D eigenvalue weighted by atomic mass is 14.1. The van der Waals surface area contributed by atoms with Gasteiger partial charge in [-0.2, -0.15) is 0 Å². The molecule has 0 heterocycles. The quantitative estimate of drug-likeness (QED) is 0.283. The molecule has 0 amide bonds. The van der Waals surface area contributed by atoms with Gasteiger partial charge in [0.15, 0.2) is 0 Å². The van der Waals surface area contributed by atoms with E-state index < -0.39 is 0 Å². The highest BCUT2D eigenvalue weighted by Gasteiger charge is 2.01. The lowest BCUT2D eigenvalue weighted by atomic mass is 9.97. The number of unbranched alkanes of at least 4 members (excludes halogenated alkanes) is 5. The minimum Gasteiger partial charge on any atom is -0.103 e. The van der Waals surface area contributed by atoms with Crippen LogP contribution in [0, 0.1) is 5.92 Å². The lowest BCUT2D eigenvalue weighted by Gasteiger charge is -2.09. The van der Waals surface area contributed by atoms with Crippen LogP contribution in [0.25, 0.3) is 0 Å². The molecule has 1 atom stereocenters. The van der Waals surface area contributed by atoms with E-state index in [1.807, 2.05) is 6.08 Å². The van der Waals surface area contributed by atoms with E-state index >= 15 is 0 Å². The van der Waals surface area contributed by atoms with Crippen molar-refractivity contribution in [3.05, 3.63) is 24.8 Å². The maximum Gasteiger partial charge on any atom is -0.0199 e. The highest BCUT2D eigenvalue weighted by Crippen LogP contribution is 2.16. The summed E-state index contributed by atoms with van der Waals surface area (Å²) in [5.41, 5.74) is 1.26. The summed E-state index contributed by atoms with van der Waals surface area (Å²) in [7, 11) is 0. The van der Waals surface area contributed by atoms with Crippen molar-refractivity contribution in [1.29, 1.82) is 0 Å². The maximum atomic E-state index is 3.88. The van der Waals surface area contributed by atoms with Crippen LogP contribution >= 0.6 is 0 Å². The first-order valence-corrected chi connectivity index (χ1v) is 7.89. The molecule has 0 bridgehead atoms. The summed E-state index contributed by atoms with van der Waals surface area (Å²) >= 11 is 0. The van der Waals surface area contributed by atoms with Gasteiger partial charge >= 0.3 is 0 Å². The second-order valence-corrected chi connectivity index (χ2v) is 5.36. The molecule has 0 aliphatic carbocycles. The van der Waals surface area contributed by atoms with Crippen LogP contribution < -0.4 is 0 Å². The molecule has 19 heavy (non-hydrogen) atoms. The van der Waals surface area contributed by atoms with Crippen molar-refractivity contribution in [1.82, 2.24) is 0 Å². The Morgan fingerprint density at radius 3 is 1.68 bits per heavy atom. The Balaban J connectivity index is -0.000000262. The van der Waals surface area contributed by atoms with E-state index in [0.29, 0.717) is 5.92 Å². The molecule has 116 valence electrons. The van der Waals surface area contributed by atoms with Gasteiger partial charge in [-0.15, -0.1) is 13.2 Å². The van der Waals surface area contributed by atoms with Crippen LogP contribution in [0.3, 0.4) is 0 Å². The fourth-order valence-corrected chi connectivity index (χ4v) is 1.98. The normalized spacial score (nSPS) is 10.7. The van der Waals surface area contributed by atoms with Crippen LogP contribution in [0.5, 0.6) is 0 Å². The summed E-state index contributed by atoms with van der Waals surface area (Å²) in [6.07, 6.45) is 14.1. The Morgan fingerprint density at radius 2 is 1.42 bits per heavy atom.